The first-order chi connectivity index (χ1) is 9.24. The highest BCUT2D eigenvalue weighted by molar-refractivity contribution is 5.92. The fourth-order valence-electron chi connectivity index (χ4n) is 1.87. The van der Waals surface area contributed by atoms with E-state index in [0.29, 0.717) is 6.61 Å². The quantitative estimate of drug-likeness (QED) is 0.668. The van der Waals surface area contributed by atoms with Gasteiger partial charge in [0, 0.05) is 5.56 Å². The largest absolute Gasteiger partial charge is 0.494 e. The topological polar surface area (TPSA) is 42.3 Å². The maximum absolute atomic E-state index is 7.68. The average molecular weight is 255 g/mol. The summed E-state index contributed by atoms with van der Waals surface area (Å²) in [5.74, 6) is 1.04. The molecule has 2 rings (SSSR count). The van der Waals surface area contributed by atoms with Gasteiger partial charge in [-0.25, -0.2) is 0 Å². The molecule has 2 aromatic rings. The van der Waals surface area contributed by atoms with Crippen LogP contribution in [0.1, 0.15) is 12.5 Å². The first kappa shape index (κ1) is 13.1. The smallest absolute Gasteiger partial charge is 0.212 e. The number of hydrogen-bond acceptors (Lipinski definition) is 3. The highest BCUT2D eigenvalue weighted by Crippen LogP contribution is 2.23. The van der Waals surface area contributed by atoms with Gasteiger partial charge in [-0.1, -0.05) is 24.3 Å². The van der Waals surface area contributed by atoms with Crippen LogP contribution in [0.5, 0.6) is 5.75 Å². The third kappa shape index (κ3) is 3.13. The van der Waals surface area contributed by atoms with Crippen molar-refractivity contribution in [1.82, 2.24) is 0 Å². The Morgan fingerprint density at radius 2 is 1.79 bits per heavy atom. The van der Waals surface area contributed by atoms with E-state index in [1.54, 1.807) is 0 Å². The molecule has 0 aromatic heterocycles. The molecule has 0 bridgehead atoms. The van der Waals surface area contributed by atoms with Crippen molar-refractivity contribution in [3.05, 3.63) is 54.1 Å². The van der Waals surface area contributed by atoms with Gasteiger partial charge in [0.25, 0.3) is 0 Å². The molecule has 19 heavy (non-hydrogen) atoms. The lowest BCUT2D eigenvalue weighted by molar-refractivity contribution is 0.340. The third-order valence-corrected chi connectivity index (χ3v) is 2.83. The second-order valence-electron chi connectivity index (χ2n) is 4.07. The molecular weight excluding hydrogens is 238 g/mol. The van der Waals surface area contributed by atoms with Crippen LogP contribution < -0.4 is 4.74 Å². The van der Waals surface area contributed by atoms with Crippen molar-refractivity contribution in [2.75, 3.05) is 13.7 Å². The van der Waals surface area contributed by atoms with Crippen molar-refractivity contribution >= 4 is 5.90 Å². The van der Waals surface area contributed by atoms with Crippen LogP contribution >= 0.6 is 0 Å². The van der Waals surface area contributed by atoms with Gasteiger partial charge in [0.2, 0.25) is 5.90 Å². The first-order valence-corrected chi connectivity index (χ1v) is 6.21. The third-order valence-electron chi connectivity index (χ3n) is 2.83. The lowest BCUT2D eigenvalue weighted by atomic mass is 10.0. The Labute approximate surface area is 113 Å². The molecule has 0 fully saturated rings. The summed E-state index contributed by atoms with van der Waals surface area (Å²) >= 11 is 0. The normalized spacial score (nSPS) is 10.0. The molecule has 1 N–H and O–H groups in total. The Morgan fingerprint density at radius 3 is 2.42 bits per heavy atom. The van der Waals surface area contributed by atoms with E-state index in [9.17, 15) is 0 Å². The summed E-state index contributed by atoms with van der Waals surface area (Å²) in [4.78, 5) is 0. The maximum atomic E-state index is 7.68. The van der Waals surface area contributed by atoms with Crippen LogP contribution in [0.4, 0.5) is 0 Å². The van der Waals surface area contributed by atoms with Crippen molar-refractivity contribution in [2.45, 2.75) is 6.92 Å². The predicted molar refractivity (Wildman–Crippen MR) is 76.9 cm³/mol. The van der Waals surface area contributed by atoms with E-state index < -0.39 is 0 Å². The van der Waals surface area contributed by atoms with Crippen LogP contribution in [-0.4, -0.2) is 19.6 Å². The van der Waals surface area contributed by atoms with Crippen molar-refractivity contribution in [2.24, 2.45) is 0 Å². The zero-order valence-electron chi connectivity index (χ0n) is 11.1. The van der Waals surface area contributed by atoms with Crippen molar-refractivity contribution in [3.63, 3.8) is 0 Å². The first-order valence-electron chi connectivity index (χ1n) is 6.21. The van der Waals surface area contributed by atoms with Gasteiger partial charge in [-0.05, 0) is 42.3 Å². The van der Waals surface area contributed by atoms with Gasteiger partial charge in [-0.15, -0.1) is 0 Å². The van der Waals surface area contributed by atoms with Crippen LogP contribution in [0.2, 0.25) is 0 Å². The zero-order chi connectivity index (χ0) is 13.7. The number of hydrogen-bond donors (Lipinski definition) is 1. The minimum Gasteiger partial charge on any atom is -0.494 e. The number of ether oxygens (including phenoxy) is 2. The van der Waals surface area contributed by atoms with E-state index in [1.165, 1.54) is 7.11 Å². The van der Waals surface area contributed by atoms with Gasteiger partial charge < -0.3 is 9.47 Å². The van der Waals surface area contributed by atoms with Gasteiger partial charge in [-0.3, -0.25) is 5.41 Å². The molecule has 0 unspecified atom stereocenters. The summed E-state index contributed by atoms with van der Waals surface area (Å²) in [5.41, 5.74) is 2.92. The molecule has 0 aliphatic carbocycles. The van der Waals surface area contributed by atoms with Crippen molar-refractivity contribution in [3.8, 4) is 16.9 Å². The van der Waals surface area contributed by atoms with E-state index in [1.807, 2.05) is 55.5 Å². The molecule has 0 heterocycles. The minimum absolute atomic E-state index is 0.174. The molecule has 0 spiro atoms. The summed E-state index contributed by atoms with van der Waals surface area (Å²) in [6.07, 6.45) is 0. The Bertz CT molecular complexity index is 561. The fourth-order valence-corrected chi connectivity index (χ4v) is 1.87. The highest BCUT2D eigenvalue weighted by atomic mass is 16.5. The molecule has 3 nitrogen and oxygen atoms in total. The molecule has 0 saturated carbocycles. The number of benzene rings is 2. The summed E-state index contributed by atoms with van der Waals surface area (Å²) < 4.78 is 10.4. The Balaban J connectivity index is 2.28. The van der Waals surface area contributed by atoms with Gasteiger partial charge in [0.15, 0.2) is 0 Å². The Hall–Kier alpha value is -2.29. The number of nitrogens with one attached hydrogen (secondary N) is 1. The summed E-state index contributed by atoms with van der Waals surface area (Å²) in [6, 6.07) is 15.7. The van der Waals surface area contributed by atoms with Gasteiger partial charge in [-0.2, -0.15) is 0 Å². The van der Waals surface area contributed by atoms with E-state index in [-0.39, 0.29) is 5.90 Å². The summed E-state index contributed by atoms with van der Waals surface area (Å²) in [6.45, 7) is 2.63. The second kappa shape index (κ2) is 6.05. The Morgan fingerprint density at radius 1 is 1.05 bits per heavy atom. The van der Waals surface area contributed by atoms with Gasteiger partial charge >= 0.3 is 0 Å². The van der Waals surface area contributed by atoms with E-state index >= 15 is 0 Å². The summed E-state index contributed by atoms with van der Waals surface area (Å²) in [5, 5.41) is 7.68. The van der Waals surface area contributed by atoms with Crippen LogP contribution in [-0.2, 0) is 4.74 Å². The molecule has 0 radical (unpaired) electrons. The molecule has 0 atom stereocenters. The maximum Gasteiger partial charge on any atom is 0.212 e. The van der Waals surface area contributed by atoms with Crippen LogP contribution in [0.3, 0.4) is 0 Å². The standard InChI is InChI=1S/C16H17NO2/c1-3-19-15-9-7-12(8-10-15)13-5-4-6-14(11-13)16(17)18-2/h4-11,17H,3H2,1-2H3. The molecular formula is C16H17NO2. The lowest BCUT2D eigenvalue weighted by Gasteiger charge is -2.07. The molecule has 0 saturated heterocycles. The SMILES string of the molecule is CCOc1ccc(-c2cccc(C(=N)OC)c2)cc1. The molecule has 0 amide bonds. The second-order valence-corrected chi connectivity index (χ2v) is 4.07. The molecule has 98 valence electrons. The van der Waals surface area contributed by atoms with Crippen molar-refractivity contribution < 1.29 is 9.47 Å². The van der Waals surface area contributed by atoms with Crippen LogP contribution in [0.15, 0.2) is 48.5 Å². The fraction of sp³-hybridized carbons (Fsp3) is 0.188. The van der Waals surface area contributed by atoms with E-state index in [4.69, 9.17) is 14.9 Å². The average Bonchev–Trinajstić information content (AvgIpc) is 2.48. The van der Waals surface area contributed by atoms with Gasteiger partial charge in [0.1, 0.15) is 5.75 Å². The van der Waals surface area contributed by atoms with Gasteiger partial charge in [0.05, 0.1) is 13.7 Å². The van der Waals surface area contributed by atoms with E-state index in [2.05, 4.69) is 0 Å². The number of rotatable bonds is 4. The molecule has 3 heteroatoms. The van der Waals surface area contributed by atoms with Crippen LogP contribution in [0, 0.1) is 5.41 Å². The lowest BCUT2D eigenvalue weighted by Crippen LogP contribution is -2.00. The zero-order valence-corrected chi connectivity index (χ0v) is 11.1. The number of methoxy groups -OCH3 is 1. The molecule has 0 aliphatic rings. The van der Waals surface area contributed by atoms with E-state index in [0.717, 1.165) is 22.4 Å². The van der Waals surface area contributed by atoms with Crippen LogP contribution in [0.25, 0.3) is 11.1 Å². The molecule has 2 aromatic carbocycles. The Kier molecular flexibility index (Phi) is 4.18. The predicted octanol–water partition coefficient (Wildman–Crippen LogP) is 3.72. The summed E-state index contributed by atoms with van der Waals surface area (Å²) in [7, 11) is 1.51. The highest BCUT2D eigenvalue weighted by Gasteiger charge is 2.04. The minimum atomic E-state index is 0.174. The monoisotopic (exact) mass is 255 g/mol. The van der Waals surface area contributed by atoms with Crippen molar-refractivity contribution in [1.29, 1.82) is 5.41 Å². The molecule has 0 aliphatic heterocycles.